The predicted molar refractivity (Wildman–Crippen MR) is 137 cm³/mol. The number of unbranched alkanes of at least 4 members (excludes halogenated alkanes) is 2. The Morgan fingerprint density at radius 3 is 2.58 bits per heavy atom. The highest BCUT2D eigenvalue weighted by atomic mass is 16.5. The highest BCUT2D eigenvalue weighted by molar-refractivity contribution is 5.78. The first-order valence-electron chi connectivity index (χ1n) is 14.2. The molecule has 0 spiro atoms. The van der Waals surface area contributed by atoms with Crippen LogP contribution in [0, 0.1) is 11.3 Å². The topological polar surface area (TPSA) is 35.5 Å². The fraction of sp³-hybridized carbons (Fsp3) is 0.700. The van der Waals surface area contributed by atoms with Gasteiger partial charge >= 0.3 is 5.97 Å². The van der Waals surface area contributed by atoms with E-state index >= 15 is 0 Å². The van der Waals surface area contributed by atoms with Gasteiger partial charge in [-0.2, -0.15) is 0 Å². The number of rotatable bonds is 7. The van der Waals surface area contributed by atoms with E-state index in [4.69, 9.17) is 13.6 Å². The van der Waals surface area contributed by atoms with E-state index in [0.717, 1.165) is 49.0 Å². The van der Waals surface area contributed by atoms with E-state index in [1.807, 2.05) is 20.8 Å². The van der Waals surface area contributed by atoms with Gasteiger partial charge < -0.3 is 9.47 Å². The van der Waals surface area contributed by atoms with Crippen LogP contribution in [0.2, 0.25) is 0 Å². The zero-order valence-electron chi connectivity index (χ0n) is 25.1. The molecule has 0 unspecified atom stereocenters. The standard InChI is InChI=1S/C30H46O3/c1-10-11-12-13-16-29(6,7)21-18-24(32-27(31)28(3,4)5)26-22-17-20(2)14-15-23(22)30(8,9)33-25(26)19-21/h14,18-19,22-23H,10-13,15-17H2,1-9H3/t22-,23-/m1/s1/i1D3. The summed E-state index contributed by atoms with van der Waals surface area (Å²) in [5.41, 5.74) is 2.38. The molecule has 1 aromatic carbocycles. The summed E-state index contributed by atoms with van der Waals surface area (Å²) in [5, 5.41) is 0. The number of fused-ring (bicyclic) bond motifs is 3. The second-order valence-corrected chi connectivity index (χ2v) is 12.4. The molecule has 0 saturated heterocycles. The van der Waals surface area contributed by atoms with Crippen molar-refractivity contribution in [3.8, 4) is 11.5 Å². The van der Waals surface area contributed by atoms with Gasteiger partial charge in [-0.1, -0.05) is 58.0 Å². The third-order valence-electron chi connectivity index (χ3n) is 7.56. The van der Waals surface area contributed by atoms with Crippen molar-refractivity contribution >= 4 is 5.97 Å². The summed E-state index contributed by atoms with van der Waals surface area (Å²) in [6, 6.07) is 4.23. The van der Waals surface area contributed by atoms with Gasteiger partial charge in [0.05, 0.1) is 5.41 Å². The van der Waals surface area contributed by atoms with Crippen molar-refractivity contribution in [3.05, 3.63) is 34.9 Å². The Kier molecular flexibility index (Phi) is 6.24. The fourth-order valence-corrected chi connectivity index (χ4v) is 5.29. The van der Waals surface area contributed by atoms with Gasteiger partial charge in [-0.05, 0) is 83.9 Å². The van der Waals surface area contributed by atoms with E-state index < -0.39 is 12.3 Å². The molecule has 3 nitrogen and oxygen atoms in total. The Balaban J connectivity index is 1.97. The number of esters is 1. The van der Waals surface area contributed by atoms with Crippen LogP contribution in [0.4, 0.5) is 0 Å². The molecule has 2 aliphatic rings. The molecule has 0 fully saturated rings. The SMILES string of the molecule is [2H]C([2H])([2H])CCCCCC(C)(C)c1cc(OC(=O)C(C)(C)C)c2c(c1)OC(C)(C)[C@@H]1CC=C(C)C[C@@H]21. The maximum absolute atomic E-state index is 13.0. The van der Waals surface area contributed by atoms with Gasteiger partial charge in [0.1, 0.15) is 17.1 Å². The quantitative estimate of drug-likeness (QED) is 0.178. The van der Waals surface area contributed by atoms with Crippen LogP contribution in [0.25, 0.3) is 0 Å². The first-order chi connectivity index (χ1) is 16.4. The lowest BCUT2D eigenvalue weighted by Gasteiger charge is -2.47. The lowest BCUT2D eigenvalue weighted by Crippen LogP contribution is -2.45. The predicted octanol–water partition coefficient (Wildman–Crippen LogP) is 8.50. The minimum absolute atomic E-state index is 0.176. The third kappa shape index (κ3) is 5.66. The monoisotopic (exact) mass is 457 g/mol. The summed E-state index contributed by atoms with van der Waals surface area (Å²) in [7, 11) is 0. The zero-order valence-corrected chi connectivity index (χ0v) is 22.1. The highest BCUT2D eigenvalue weighted by Gasteiger charge is 2.46. The molecule has 0 N–H and O–H groups in total. The first-order valence-corrected chi connectivity index (χ1v) is 12.7. The summed E-state index contributed by atoms with van der Waals surface area (Å²) in [4.78, 5) is 13.0. The van der Waals surface area contributed by atoms with E-state index in [9.17, 15) is 4.79 Å². The fourth-order valence-electron chi connectivity index (χ4n) is 5.29. The number of allylic oxidation sites excluding steroid dienone is 2. The molecular weight excluding hydrogens is 408 g/mol. The lowest BCUT2D eigenvalue weighted by atomic mass is 9.66. The van der Waals surface area contributed by atoms with Gasteiger partial charge in [0.15, 0.2) is 0 Å². The molecule has 0 saturated carbocycles. The minimum atomic E-state index is -1.85. The van der Waals surface area contributed by atoms with Gasteiger partial charge in [-0.25, -0.2) is 0 Å². The molecule has 0 radical (unpaired) electrons. The molecule has 1 heterocycles. The molecule has 2 atom stereocenters. The van der Waals surface area contributed by atoms with Crippen LogP contribution in [-0.2, 0) is 10.2 Å². The lowest BCUT2D eigenvalue weighted by molar-refractivity contribution is -0.143. The Morgan fingerprint density at radius 1 is 1.18 bits per heavy atom. The van der Waals surface area contributed by atoms with Crippen LogP contribution in [0.3, 0.4) is 0 Å². The smallest absolute Gasteiger partial charge is 0.316 e. The van der Waals surface area contributed by atoms with Gasteiger partial charge in [-0.3, -0.25) is 4.79 Å². The second-order valence-electron chi connectivity index (χ2n) is 12.4. The minimum Gasteiger partial charge on any atom is -0.487 e. The number of carbonyl (C=O) groups excluding carboxylic acids is 1. The molecule has 3 heteroatoms. The van der Waals surface area contributed by atoms with E-state index in [-0.39, 0.29) is 29.3 Å². The van der Waals surface area contributed by atoms with Crippen LogP contribution in [0.5, 0.6) is 11.5 Å². The molecule has 0 bridgehead atoms. The van der Waals surface area contributed by atoms with Crippen LogP contribution < -0.4 is 9.47 Å². The van der Waals surface area contributed by atoms with E-state index in [2.05, 4.69) is 52.8 Å². The van der Waals surface area contributed by atoms with Gasteiger partial charge in [0, 0.05) is 21.5 Å². The molecule has 3 rings (SSSR count). The molecule has 0 aromatic heterocycles. The summed E-state index contributed by atoms with van der Waals surface area (Å²) in [6.45, 7) is 14.7. The molecule has 1 aliphatic carbocycles. The van der Waals surface area contributed by atoms with Gasteiger partial charge in [-0.15, -0.1) is 0 Å². The number of benzene rings is 1. The highest BCUT2D eigenvalue weighted by Crippen LogP contribution is 2.55. The average Bonchev–Trinajstić information content (AvgIpc) is 2.70. The van der Waals surface area contributed by atoms with Crippen molar-refractivity contribution in [2.75, 3.05) is 0 Å². The Labute approximate surface area is 206 Å². The van der Waals surface area contributed by atoms with E-state index in [1.54, 1.807) is 0 Å². The zero-order chi connectivity index (χ0) is 27.1. The molecule has 33 heavy (non-hydrogen) atoms. The summed E-state index contributed by atoms with van der Waals surface area (Å²) in [5.74, 6) is 1.79. The summed E-state index contributed by atoms with van der Waals surface area (Å²) < 4.78 is 35.1. The third-order valence-corrected chi connectivity index (χ3v) is 7.56. The normalized spacial score (nSPS) is 23.8. The largest absolute Gasteiger partial charge is 0.487 e. The number of hydrogen-bond acceptors (Lipinski definition) is 3. The van der Waals surface area contributed by atoms with Crippen molar-refractivity contribution in [2.45, 2.75) is 124 Å². The maximum Gasteiger partial charge on any atom is 0.316 e. The average molecular weight is 458 g/mol. The second kappa shape index (κ2) is 9.47. The Hall–Kier alpha value is -1.77. The Bertz CT molecular complexity index is 996. The first kappa shape index (κ1) is 21.7. The molecule has 1 aromatic rings. The molecule has 0 amide bonds. The van der Waals surface area contributed by atoms with Crippen molar-refractivity contribution in [3.63, 3.8) is 0 Å². The van der Waals surface area contributed by atoms with Crippen molar-refractivity contribution in [2.24, 2.45) is 11.3 Å². The van der Waals surface area contributed by atoms with Crippen LogP contribution in [0.15, 0.2) is 23.8 Å². The number of ether oxygens (including phenoxy) is 2. The number of carbonyl (C=O) groups is 1. The van der Waals surface area contributed by atoms with E-state index in [1.165, 1.54) is 5.57 Å². The van der Waals surface area contributed by atoms with Gasteiger partial charge in [0.2, 0.25) is 0 Å². The van der Waals surface area contributed by atoms with Crippen LogP contribution in [-0.4, -0.2) is 11.6 Å². The van der Waals surface area contributed by atoms with Crippen molar-refractivity contribution < 1.29 is 18.4 Å². The number of hydrogen-bond donors (Lipinski definition) is 0. The van der Waals surface area contributed by atoms with Crippen molar-refractivity contribution in [1.82, 2.24) is 0 Å². The van der Waals surface area contributed by atoms with Crippen LogP contribution in [0.1, 0.15) is 128 Å². The van der Waals surface area contributed by atoms with E-state index in [0.29, 0.717) is 18.1 Å². The molecular formula is C30H46O3. The van der Waals surface area contributed by atoms with Gasteiger partial charge in [0.25, 0.3) is 0 Å². The summed E-state index contributed by atoms with van der Waals surface area (Å²) >= 11 is 0. The molecule has 184 valence electrons. The maximum atomic E-state index is 13.0. The van der Waals surface area contributed by atoms with Crippen molar-refractivity contribution in [1.29, 1.82) is 0 Å². The molecule has 1 aliphatic heterocycles. The Morgan fingerprint density at radius 2 is 1.91 bits per heavy atom. The van der Waals surface area contributed by atoms with Crippen LogP contribution >= 0.6 is 0 Å². The summed E-state index contributed by atoms with van der Waals surface area (Å²) in [6.07, 6.45) is 7.93.